The van der Waals surface area contributed by atoms with Crippen LogP contribution in [0.4, 0.5) is 0 Å². The summed E-state index contributed by atoms with van der Waals surface area (Å²) in [6, 6.07) is 7.08. The summed E-state index contributed by atoms with van der Waals surface area (Å²) >= 11 is 1.24. The monoisotopic (exact) mass is 414 g/mol. The van der Waals surface area contributed by atoms with E-state index in [2.05, 4.69) is 6.92 Å². The number of rotatable bonds is 12. The maximum absolute atomic E-state index is 12.1. The molecule has 0 aromatic carbocycles. The number of carbonyl (C=O) groups excluding carboxylic acids is 2. The fraction of sp³-hybridized carbons (Fsp3) is 0.455. The van der Waals surface area contributed by atoms with Crippen LogP contribution in [-0.2, 0) is 19.1 Å². The summed E-state index contributed by atoms with van der Waals surface area (Å²) in [6.45, 7) is 4.30. The molecular formula is C22H26N2O4S. The maximum atomic E-state index is 12.1. The highest BCUT2D eigenvalue weighted by atomic mass is 32.1. The van der Waals surface area contributed by atoms with Crippen molar-refractivity contribution >= 4 is 35.4 Å². The molecule has 0 aliphatic carbocycles. The van der Waals surface area contributed by atoms with Crippen LogP contribution in [0, 0.1) is 22.7 Å². The molecule has 0 saturated heterocycles. The van der Waals surface area contributed by atoms with E-state index in [1.807, 2.05) is 12.1 Å². The van der Waals surface area contributed by atoms with Crippen LogP contribution < -0.4 is 0 Å². The number of thiophene rings is 1. The Morgan fingerprint density at radius 2 is 1.41 bits per heavy atom. The Bertz CT molecular complexity index is 825. The lowest BCUT2D eigenvalue weighted by atomic mass is 10.1. The van der Waals surface area contributed by atoms with E-state index in [-0.39, 0.29) is 17.8 Å². The summed E-state index contributed by atoms with van der Waals surface area (Å²) in [4.78, 5) is 25.0. The van der Waals surface area contributed by atoms with Crippen LogP contribution in [0.1, 0.15) is 62.1 Å². The Hall–Kier alpha value is -2.90. The highest BCUT2D eigenvalue weighted by molar-refractivity contribution is 7.13. The van der Waals surface area contributed by atoms with Crippen LogP contribution in [0.3, 0.4) is 0 Å². The van der Waals surface area contributed by atoms with Gasteiger partial charge in [0, 0.05) is 9.75 Å². The highest BCUT2D eigenvalue weighted by Gasteiger charge is 2.13. The van der Waals surface area contributed by atoms with Crippen molar-refractivity contribution in [1.82, 2.24) is 0 Å². The van der Waals surface area contributed by atoms with E-state index in [0.717, 1.165) is 19.3 Å². The minimum Gasteiger partial charge on any atom is -0.462 e. The number of unbranched alkanes of at least 4 members (excludes halogenated alkanes) is 5. The van der Waals surface area contributed by atoms with E-state index in [9.17, 15) is 14.9 Å². The summed E-state index contributed by atoms with van der Waals surface area (Å²) in [5.41, 5.74) is -0.192. The van der Waals surface area contributed by atoms with Gasteiger partial charge < -0.3 is 9.47 Å². The van der Waals surface area contributed by atoms with Gasteiger partial charge in [-0.2, -0.15) is 10.5 Å². The summed E-state index contributed by atoms with van der Waals surface area (Å²) in [5, 5.41) is 18.3. The summed E-state index contributed by atoms with van der Waals surface area (Å²) < 4.78 is 10.00. The van der Waals surface area contributed by atoms with E-state index < -0.39 is 11.9 Å². The van der Waals surface area contributed by atoms with Crippen LogP contribution in [0.5, 0.6) is 0 Å². The molecule has 0 amide bonds. The third-order valence-corrected chi connectivity index (χ3v) is 4.89. The lowest BCUT2D eigenvalue weighted by molar-refractivity contribution is -0.139. The predicted octanol–water partition coefficient (Wildman–Crippen LogP) is 5.03. The SMILES string of the molecule is CCCCCCCCOC(=O)/C(C#N)=C/c1ccc(/C=C(\C#N)C(=O)OCC)s1. The van der Waals surface area contributed by atoms with Crippen molar-refractivity contribution in [3.05, 3.63) is 33.0 Å². The smallest absolute Gasteiger partial charge is 0.348 e. The Kier molecular flexibility index (Phi) is 11.8. The Balaban J connectivity index is 2.66. The second-order valence-electron chi connectivity index (χ2n) is 6.20. The molecule has 0 radical (unpaired) electrons. The molecule has 0 fully saturated rings. The number of nitriles is 2. The fourth-order valence-corrected chi connectivity index (χ4v) is 3.31. The van der Waals surface area contributed by atoms with Gasteiger partial charge in [-0.05, 0) is 37.6 Å². The topological polar surface area (TPSA) is 100 Å². The quantitative estimate of drug-likeness (QED) is 0.206. The van der Waals surface area contributed by atoms with Gasteiger partial charge in [0.2, 0.25) is 0 Å². The van der Waals surface area contributed by atoms with Gasteiger partial charge in [0.25, 0.3) is 0 Å². The zero-order valence-corrected chi connectivity index (χ0v) is 17.7. The normalized spacial score (nSPS) is 11.4. The largest absolute Gasteiger partial charge is 0.462 e. The molecule has 29 heavy (non-hydrogen) atoms. The van der Waals surface area contributed by atoms with Gasteiger partial charge in [-0.25, -0.2) is 9.59 Å². The van der Waals surface area contributed by atoms with Crippen LogP contribution in [0.2, 0.25) is 0 Å². The van der Waals surface area contributed by atoms with E-state index >= 15 is 0 Å². The molecule has 7 heteroatoms. The van der Waals surface area contributed by atoms with Crippen molar-refractivity contribution in [2.75, 3.05) is 13.2 Å². The van der Waals surface area contributed by atoms with Crippen molar-refractivity contribution in [1.29, 1.82) is 10.5 Å². The van der Waals surface area contributed by atoms with Crippen molar-refractivity contribution in [2.45, 2.75) is 52.4 Å². The van der Waals surface area contributed by atoms with Gasteiger partial charge in [-0.1, -0.05) is 39.0 Å². The number of hydrogen-bond donors (Lipinski definition) is 0. The standard InChI is InChI=1S/C22H26N2O4S/c1-3-5-6-7-8-9-12-28-22(26)18(16-24)14-20-11-10-19(29-20)13-17(15-23)21(25)27-4-2/h10-11,13-14H,3-9,12H2,1-2H3/b17-13+,18-14+. The third-order valence-electron chi connectivity index (χ3n) is 3.91. The number of nitrogens with zero attached hydrogens (tertiary/aromatic N) is 2. The average Bonchev–Trinajstić information content (AvgIpc) is 3.16. The molecule has 0 atom stereocenters. The van der Waals surface area contributed by atoms with E-state index in [1.54, 1.807) is 19.1 Å². The number of hydrogen-bond acceptors (Lipinski definition) is 7. The van der Waals surface area contributed by atoms with Gasteiger partial charge in [0.05, 0.1) is 13.2 Å². The van der Waals surface area contributed by atoms with Crippen molar-refractivity contribution < 1.29 is 19.1 Å². The molecule has 0 unspecified atom stereocenters. The lowest BCUT2D eigenvalue weighted by Crippen LogP contribution is -2.07. The Morgan fingerprint density at radius 1 is 0.897 bits per heavy atom. The number of ether oxygens (including phenoxy) is 2. The number of esters is 2. The first-order chi connectivity index (χ1) is 14.0. The first-order valence-corrected chi connectivity index (χ1v) is 10.5. The van der Waals surface area contributed by atoms with Crippen LogP contribution in [0.15, 0.2) is 23.3 Å². The lowest BCUT2D eigenvalue weighted by Gasteiger charge is -2.03. The molecule has 1 aromatic heterocycles. The molecule has 0 spiro atoms. The maximum Gasteiger partial charge on any atom is 0.348 e. The van der Waals surface area contributed by atoms with Gasteiger partial charge in [-0.3, -0.25) is 0 Å². The zero-order chi connectivity index (χ0) is 21.5. The Labute approximate surface area is 176 Å². The molecule has 0 aliphatic heterocycles. The fourth-order valence-electron chi connectivity index (χ4n) is 2.42. The van der Waals surface area contributed by atoms with Crippen molar-refractivity contribution in [3.8, 4) is 12.1 Å². The molecule has 1 aromatic rings. The second-order valence-corrected chi connectivity index (χ2v) is 7.35. The van der Waals surface area contributed by atoms with Gasteiger partial charge in [-0.15, -0.1) is 11.3 Å². The average molecular weight is 415 g/mol. The van der Waals surface area contributed by atoms with Gasteiger partial charge in [0.15, 0.2) is 0 Å². The predicted molar refractivity (Wildman–Crippen MR) is 112 cm³/mol. The zero-order valence-electron chi connectivity index (χ0n) is 16.9. The van der Waals surface area contributed by atoms with Crippen LogP contribution >= 0.6 is 11.3 Å². The summed E-state index contributed by atoms with van der Waals surface area (Å²) in [5.74, 6) is -1.33. The molecule has 0 saturated carbocycles. The second kappa shape index (κ2) is 14.1. The van der Waals surface area contributed by atoms with Crippen LogP contribution in [0.25, 0.3) is 12.2 Å². The van der Waals surface area contributed by atoms with Crippen molar-refractivity contribution in [2.24, 2.45) is 0 Å². The number of carbonyl (C=O) groups is 2. The molecule has 0 aliphatic rings. The molecule has 154 valence electrons. The molecule has 1 heterocycles. The molecule has 0 N–H and O–H groups in total. The van der Waals surface area contributed by atoms with E-state index in [1.165, 1.54) is 42.8 Å². The molecule has 1 rings (SSSR count). The van der Waals surface area contributed by atoms with Gasteiger partial charge in [0.1, 0.15) is 23.3 Å². The molecular weight excluding hydrogens is 388 g/mol. The third kappa shape index (κ3) is 9.23. The summed E-state index contributed by atoms with van der Waals surface area (Å²) in [7, 11) is 0. The minimum atomic E-state index is -0.684. The first kappa shape index (κ1) is 24.1. The van der Waals surface area contributed by atoms with Gasteiger partial charge >= 0.3 is 11.9 Å². The minimum absolute atomic E-state index is 0.0840. The van der Waals surface area contributed by atoms with E-state index in [4.69, 9.17) is 14.7 Å². The van der Waals surface area contributed by atoms with Crippen LogP contribution in [-0.4, -0.2) is 25.2 Å². The first-order valence-electron chi connectivity index (χ1n) is 9.73. The van der Waals surface area contributed by atoms with Crippen molar-refractivity contribution in [3.63, 3.8) is 0 Å². The summed E-state index contributed by atoms with van der Waals surface area (Å²) in [6.07, 6.45) is 9.36. The molecule has 6 nitrogen and oxygen atoms in total. The molecule has 0 bridgehead atoms. The van der Waals surface area contributed by atoms with E-state index in [0.29, 0.717) is 16.4 Å². The highest BCUT2D eigenvalue weighted by Crippen LogP contribution is 2.22. The Morgan fingerprint density at radius 3 is 1.93 bits per heavy atom.